The highest BCUT2D eigenvalue weighted by Crippen LogP contribution is 2.50. The van der Waals surface area contributed by atoms with E-state index in [0.29, 0.717) is 138 Å². The first-order valence-corrected chi connectivity index (χ1v) is 31.7. The van der Waals surface area contributed by atoms with Crippen LogP contribution in [0.5, 0.6) is 0 Å². The summed E-state index contributed by atoms with van der Waals surface area (Å²) in [6.45, 7) is 19.8. The number of ether oxygens (including phenoxy) is 5. The lowest BCUT2D eigenvalue weighted by Crippen LogP contribution is -2.31. The predicted molar refractivity (Wildman–Crippen MR) is 340 cm³/mol. The quantitative estimate of drug-likeness (QED) is 0.0221. The number of Topliss-reactive ketones (excluding diaryl/α,β-unsaturated/α-hetero) is 1. The SMILES string of the molecule is Cc1nn(-c2ccc(C(N)=O)c(NCCCOCCOCCOCCOCCOCCCNC(=O)c3ccc(C4=C(/C=C/C5Nc6ccccc6C5(C)C)CCC/C4=C\C=C4\N(S(=O)(=O)O)c5ccccc5C4(C)C)cc3)c2)c2c1C(=O)CC(C)(C)C2. The minimum Gasteiger partial charge on any atom is -0.384 e. The van der Waals surface area contributed by atoms with E-state index in [4.69, 9.17) is 34.5 Å². The Balaban J connectivity index is 0.656. The fourth-order valence-electron chi connectivity index (χ4n) is 12.2. The number of aryl methyl sites for hydroxylation is 1. The highest BCUT2D eigenvalue weighted by molar-refractivity contribution is 7.87. The molecule has 0 fully saturated rings. The standard InChI is InChI=1S/C68H85N7O11S/c1-46-62-58(44-66(2,3)45-59(62)76)74(73-46)51-27-28-52(64(69)77)56(43-51)70-31-13-33-82-35-37-84-39-41-86-42-40-85-38-36-83-34-14-32-71-65(78)50-23-21-49(22-24-50)63-47(25-29-60-67(4,5)53-17-8-10-19-55(53)72-60)15-12-16-48(63)26-30-61-68(6,7)54-18-9-11-20-57(54)75(61)87(79,80)81/h8-11,17-30,43,60,70,72H,12-16,31-42,44-45H2,1-7H3,(H2,69,77)(H,71,78)(H,79,80,81)/b29-25+,48-26+,61-30+. The number of nitrogens with one attached hydrogen (secondary N) is 3. The molecule has 1 atom stereocenters. The zero-order valence-electron chi connectivity index (χ0n) is 51.3. The van der Waals surface area contributed by atoms with Crippen LogP contribution in [0.4, 0.5) is 17.1 Å². The molecule has 3 heterocycles. The summed E-state index contributed by atoms with van der Waals surface area (Å²) in [5.41, 5.74) is 17.5. The topological polar surface area (TPSA) is 235 Å². The summed E-state index contributed by atoms with van der Waals surface area (Å²) >= 11 is 0. The number of fused-ring (bicyclic) bond motifs is 3. The van der Waals surface area contributed by atoms with Gasteiger partial charge in [-0.1, -0.05) is 108 Å². The summed E-state index contributed by atoms with van der Waals surface area (Å²) < 4.78 is 67.7. The Hall–Kier alpha value is -7.23. The van der Waals surface area contributed by atoms with E-state index in [1.165, 1.54) is 5.56 Å². The minimum absolute atomic E-state index is 0.0544. The number of allylic oxidation sites excluding steroid dienone is 7. The lowest BCUT2D eigenvalue weighted by Gasteiger charge is -2.29. The summed E-state index contributed by atoms with van der Waals surface area (Å²) in [6.07, 6.45) is 13.3. The van der Waals surface area contributed by atoms with Crippen LogP contribution in [0.2, 0.25) is 0 Å². The summed E-state index contributed by atoms with van der Waals surface area (Å²) in [5.74, 6) is -0.614. The van der Waals surface area contributed by atoms with Crippen molar-refractivity contribution >= 4 is 50.5 Å². The van der Waals surface area contributed by atoms with E-state index in [2.05, 4.69) is 74.0 Å². The van der Waals surface area contributed by atoms with Gasteiger partial charge in [0.25, 0.3) is 11.8 Å². The fourth-order valence-corrected chi connectivity index (χ4v) is 13.2. The molecule has 464 valence electrons. The predicted octanol–water partition coefficient (Wildman–Crippen LogP) is 10.8. The number of rotatable bonds is 29. The molecule has 18 nitrogen and oxygen atoms in total. The maximum atomic E-state index is 13.4. The number of carbonyl (C=O) groups is 3. The van der Waals surface area contributed by atoms with Crippen molar-refractivity contribution < 1.29 is 51.0 Å². The van der Waals surface area contributed by atoms with Crippen LogP contribution in [0.1, 0.15) is 139 Å². The number of hydrogen-bond acceptors (Lipinski definition) is 13. The summed E-state index contributed by atoms with van der Waals surface area (Å²) in [5, 5.41) is 14.8. The van der Waals surface area contributed by atoms with Crippen molar-refractivity contribution in [3.63, 3.8) is 0 Å². The number of carbonyl (C=O) groups excluding carboxylic acids is 3. The summed E-state index contributed by atoms with van der Waals surface area (Å²) in [6, 6.07) is 28.7. The third-order valence-electron chi connectivity index (χ3n) is 16.8. The Morgan fingerprint density at radius 1 is 0.770 bits per heavy atom. The monoisotopic (exact) mass is 1210 g/mol. The normalized spacial score (nSPS) is 18.5. The molecule has 5 aromatic rings. The average Bonchev–Trinajstić information content (AvgIpc) is 1.67. The van der Waals surface area contributed by atoms with Crippen LogP contribution in [0, 0.1) is 12.3 Å². The number of anilines is 3. The van der Waals surface area contributed by atoms with Crippen LogP contribution in [0.3, 0.4) is 0 Å². The number of nitrogens with zero attached hydrogens (tertiary/aromatic N) is 3. The Morgan fingerprint density at radius 2 is 1.39 bits per heavy atom. The second-order valence-corrected chi connectivity index (χ2v) is 25.8. The Bertz CT molecular complexity index is 3540. The van der Waals surface area contributed by atoms with Crippen molar-refractivity contribution in [1.29, 1.82) is 0 Å². The largest absolute Gasteiger partial charge is 0.384 e. The van der Waals surface area contributed by atoms with Gasteiger partial charge in [-0.2, -0.15) is 13.5 Å². The van der Waals surface area contributed by atoms with Gasteiger partial charge in [-0.25, -0.2) is 8.99 Å². The molecule has 4 aromatic carbocycles. The van der Waals surface area contributed by atoms with Gasteiger partial charge in [-0.15, -0.1) is 0 Å². The molecule has 1 unspecified atom stereocenters. The molecule has 0 saturated heterocycles. The first kappa shape index (κ1) is 64.2. The molecule has 19 heteroatoms. The molecule has 2 aliphatic heterocycles. The molecule has 6 N–H and O–H groups in total. The number of para-hydroxylation sites is 2. The lowest BCUT2D eigenvalue weighted by molar-refractivity contribution is -0.0111. The molecule has 1 aromatic heterocycles. The minimum atomic E-state index is -4.63. The van der Waals surface area contributed by atoms with E-state index < -0.39 is 21.6 Å². The van der Waals surface area contributed by atoms with E-state index >= 15 is 0 Å². The average molecular weight is 1210 g/mol. The molecule has 0 radical (unpaired) electrons. The number of primary amides is 1. The lowest BCUT2D eigenvalue weighted by atomic mass is 9.75. The number of amides is 2. The summed E-state index contributed by atoms with van der Waals surface area (Å²) in [4.78, 5) is 38.6. The number of hydrogen-bond donors (Lipinski definition) is 5. The molecule has 4 aliphatic rings. The zero-order valence-corrected chi connectivity index (χ0v) is 52.2. The fraction of sp³-hybridized carbons (Fsp3) is 0.441. The number of benzene rings is 4. The number of aromatic nitrogens is 2. The van der Waals surface area contributed by atoms with Gasteiger partial charge in [0.05, 0.1) is 92.8 Å². The first-order valence-electron chi connectivity index (χ1n) is 30.3. The maximum Gasteiger partial charge on any atom is 0.364 e. The molecular weight excluding hydrogens is 1120 g/mol. The van der Waals surface area contributed by atoms with Crippen molar-refractivity contribution in [3.8, 4) is 5.69 Å². The third kappa shape index (κ3) is 15.4. The van der Waals surface area contributed by atoms with Gasteiger partial charge in [0.15, 0.2) is 5.78 Å². The van der Waals surface area contributed by atoms with Crippen molar-refractivity contribution in [1.82, 2.24) is 15.1 Å². The molecule has 0 spiro atoms. The zero-order chi connectivity index (χ0) is 61.9. The van der Waals surface area contributed by atoms with Gasteiger partial charge in [0.1, 0.15) is 0 Å². The van der Waals surface area contributed by atoms with Crippen LogP contribution in [0.25, 0.3) is 11.3 Å². The highest BCUT2D eigenvalue weighted by Gasteiger charge is 2.45. The number of ketones is 1. The van der Waals surface area contributed by atoms with Gasteiger partial charge >= 0.3 is 10.3 Å². The van der Waals surface area contributed by atoms with Gasteiger partial charge in [0.2, 0.25) is 0 Å². The molecule has 9 rings (SSSR count). The molecule has 2 aliphatic carbocycles. The van der Waals surface area contributed by atoms with Gasteiger partial charge in [-0.3, -0.25) is 18.9 Å². The second kappa shape index (κ2) is 28.3. The maximum absolute atomic E-state index is 13.4. The smallest absolute Gasteiger partial charge is 0.364 e. The summed E-state index contributed by atoms with van der Waals surface area (Å²) in [7, 11) is -4.63. The second-order valence-electron chi connectivity index (χ2n) is 24.5. The molecule has 2 amide bonds. The van der Waals surface area contributed by atoms with Crippen LogP contribution in [0.15, 0.2) is 132 Å². The van der Waals surface area contributed by atoms with Gasteiger partial charge in [0, 0.05) is 66.2 Å². The van der Waals surface area contributed by atoms with Crippen molar-refractivity contribution in [3.05, 3.63) is 177 Å². The molecule has 0 bridgehead atoms. The Morgan fingerprint density at radius 3 is 2.03 bits per heavy atom. The highest BCUT2D eigenvalue weighted by atomic mass is 32.2. The van der Waals surface area contributed by atoms with Crippen molar-refractivity contribution in [2.75, 3.05) is 94.1 Å². The van der Waals surface area contributed by atoms with E-state index in [9.17, 15) is 27.4 Å². The first-order chi connectivity index (χ1) is 41.7. The van der Waals surface area contributed by atoms with Crippen LogP contribution in [-0.2, 0) is 51.2 Å². The van der Waals surface area contributed by atoms with E-state index in [-0.39, 0.29) is 28.6 Å². The van der Waals surface area contributed by atoms with Crippen LogP contribution >= 0.6 is 0 Å². The Labute approximate surface area is 512 Å². The number of nitrogens with two attached hydrogens (primary N) is 1. The van der Waals surface area contributed by atoms with E-state index in [1.807, 2.05) is 92.2 Å². The van der Waals surface area contributed by atoms with Crippen LogP contribution in [-0.4, -0.2) is 126 Å². The van der Waals surface area contributed by atoms with Gasteiger partial charge < -0.3 is 45.4 Å². The van der Waals surface area contributed by atoms with Crippen LogP contribution < -0.4 is 26.0 Å². The third-order valence-corrected chi connectivity index (χ3v) is 17.6. The van der Waals surface area contributed by atoms with Gasteiger partial charge in [-0.05, 0) is 133 Å². The van der Waals surface area contributed by atoms with E-state index in [1.54, 1.807) is 18.2 Å². The van der Waals surface area contributed by atoms with Crippen molar-refractivity contribution in [2.45, 2.75) is 110 Å². The Kier molecular flexibility index (Phi) is 20.9. The molecule has 0 saturated carbocycles. The molecular formula is C68H85N7O11S. The molecule has 87 heavy (non-hydrogen) atoms. The van der Waals surface area contributed by atoms with E-state index in [0.717, 1.165) is 74.9 Å². The van der Waals surface area contributed by atoms with Crippen molar-refractivity contribution in [2.24, 2.45) is 11.1 Å².